The number of aromatic nitrogens is 4. The third-order valence-electron chi connectivity index (χ3n) is 14.0. The molecular formula is C62H39N5. The van der Waals surface area contributed by atoms with Crippen molar-refractivity contribution in [3.8, 4) is 51.0 Å². The minimum absolute atomic E-state index is 0.638. The van der Waals surface area contributed by atoms with Gasteiger partial charge in [0.1, 0.15) is 0 Å². The molecule has 0 saturated heterocycles. The first-order valence-electron chi connectivity index (χ1n) is 22.9. The van der Waals surface area contributed by atoms with Gasteiger partial charge in [-0.05, 0) is 98.8 Å². The van der Waals surface area contributed by atoms with Gasteiger partial charge in [-0.3, -0.25) is 0 Å². The molecule has 3 heterocycles. The van der Waals surface area contributed by atoms with Crippen LogP contribution >= 0.6 is 0 Å². The van der Waals surface area contributed by atoms with E-state index in [9.17, 15) is 0 Å². The fraction of sp³-hybridized carbons (Fsp3) is 0.0161. The molecule has 0 saturated carbocycles. The second-order valence-corrected chi connectivity index (χ2v) is 17.5. The summed E-state index contributed by atoms with van der Waals surface area (Å²) in [5, 5.41) is 4.72. The number of fused-ring (bicyclic) bond motifs is 11. The fourth-order valence-electron chi connectivity index (χ4n) is 11.3. The molecule has 0 radical (unpaired) electrons. The van der Waals surface area contributed by atoms with E-state index in [2.05, 4.69) is 210 Å². The van der Waals surface area contributed by atoms with Crippen LogP contribution in [-0.2, 0) is 5.41 Å². The summed E-state index contributed by atoms with van der Waals surface area (Å²) in [5.41, 5.74) is 16.3. The highest BCUT2D eigenvalue weighted by Crippen LogP contribution is 2.63. The van der Waals surface area contributed by atoms with Crippen LogP contribution in [0, 0.1) is 0 Å². The van der Waals surface area contributed by atoms with Crippen LogP contribution in [0.15, 0.2) is 237 Å². The second kappa shape index (κ2) is 14.5. The van der Waals surface area contributed by atoms with Crippen molar-refractivity contribution in [1.29, 1.82) is 0 Å². The van der Waals surface area contributed by atoms with Gasteiger partial charge in [0.05, 0.1) is 27.8 Å². The predicted octanol–water partition coefficient (Wildman–Crippen LogP) is 15.3. The van der Waals surface area contributed by atoms with Gasteiger partial charge in [-0.15, -0.1) is 0 Å². The van der Waals surface area contributed by atoms with E-state index in [4.69, 9.17) is 15.0 Å². The molecule has 0 bridgehead atoms. The van der Waals surface area contributed by atoms with Gasteiger partial charge in [0.25, 0.3) is 0 Å². The van der Waals surface area contributed by atoms with Gasteiger partial charge < -0.3 is 9.47 Å². The van der Waals surface area contributed by atoms with Gasteiger partial charge in [-0.2, -0.15) is 0 Å². The van der Waals surface area contributed by atoms with E-state index >= 15 is 0 Å². The summed E-state index contributed by atoms with van der Waals surface area (Å²) in [7, 11) is 0. The molecular weight excluding hydrogens is 815 g/mol. The Hall–Kier alpha value is -8.93. The Morgan fingerprint density at radius 1 is 0.313 bits per heavy atom. The topological polar surface area (TPSA) is 46.8 Å². The lowest BCUT2D eigenvalue weighted by Gasteiger charge is -2.49. The van der Waals surface area contributed by atoms with E-state index in [0.29, 0.717) is 17.5 Å². The van der Waals surface area contributed by atoms with Crippen LogP contribution in [0.2, 0.25) is 0 Å². The maximum Gasteiger partial charge on any atom is 0.164 e. The van der Waals surface area contributed by atoms with Crippen LogP contribution in [-0.4, -0.2) is 19.5 Å². The van der Waals surface area contributed by atoms with Gasteiger partial charge >= 0.3 is 0 Å². The van der Waals surface area contributed by atoms with Crippen molar-refractivity contribution in [3.63, 3.8) is 0 Å². The molecule has 2 aliphatic rings. The van der Waals surface area contributed by atoms with Gasteiger partial charge in [-0.1, -0.05) is 182 Å². The van der Waals surface area contributed by atoms with Crippen molar-refractivity contribution in [2.75, 3.05) is 4.90 Å². The summed E-state index contributed by atoms with van der Waals surface area (Å²) in [6.07, 6.45) is 0. The summed E-state index contributed by atoms with van der Waals surface area (Å²) >= 11 is 0. The third-order valence-corrected chi connectivity index (χ3v) is 14.0. The van der Waals surface area contributed by atoms with E-state index in [1.807, 2.05) is 36.4 Å². The smallest absolute Gasteiger partial charge is 0.164 e. The van der Waals surface area contributed by atoms with Crippen molar-refractivity contribution >= 4 is 49.6 Å². The Labute approximate surface area is 387 Å². The number of nitrogens with zero attached hydrogens (tertiary/aromatic N) is 5. The van der Waals surface area contributed by atoms with Crippen molar-refractivity contribution < 1.29 is 0 Å². The predicted molar refractivity (Wildman–Crippen MR) is 274 cm³/mol. The summed E-state index contributed by atoms with van der Waals surface area (Å²) < 4.78 is 2.43. The summed E-state index contributed by atoms with van der Waals surface area (Å²) in [5.74, 6) is 1.92. The third kappa shape index (κ3) is 5.40. The van der Waals surface area contributed by atoms with Crippen LogP contribution in [0.5, 0.6) is 0 Å². The Kier molecular flexibility index (Phi) is 8.13. The Morgan fingerprint density at radius 3 is 1.60 bits per heavy atom. The zero-order chi connectivity index (χ0) is 44.1. The first-order chi connectivity index (χ1) is 33.3. The molecule has 1 aliphatic carbocycles. The molecule has 67 heavy (non-hydrogen) atoms. The minimum atomic E-state index is -0.730. The summed E-state index contributed by atoms with van der Waals surface area (Å²) in [4.78, 5) is 18.1. The molecule has 1 spiro atoms. The summed E-state index contributed by atoms with van der Waals surface area (Å²) in [6, 6.07) is 85.4. The number of anilines is 3. The van der Waals surface area contributed by atoms with Crippen molar-refractivity contribution in [2.24, 2.45) is 0 Å². The average Bonchev–Trinajstić information content (AvgIpc) is 3.73. The van der Waals surface area contributed by atoms with Gasteiger partial charge in [0, 0.05) is 38.8 Å². The lowest BCUT2D eigenvalue weighted by Crippen LogP contribution is -2.39. The average molecular weight is 854 g/mol. The molecule has 2 aromatic heterocycles. The van der Waals surface area contributed by atoms with E-state index in [0.717, 1.165) is 50.3 Å². The molecule has 12 aromatic rings. The molecule has 0 fully saturated rings. The number of rotatable bonds is 5. The minimum Gasteiger partial charge on any atom is -0.310 e. The molecule has 0 amide bonds. The quantitative estimate of drug-likeness (QED) is 0.173. The lowest BCUT2D eigenvalue weighted by molar-refractivity contribution is 0.737. The molecule has 0 N–H and O–H groups in total. The Bertz CT molecular complexity index is 3860. The highest BCUT2D eigenvalue weighted by atomic mass is 15.2. The molecule has 312 valence electrons. The number of benzene rings is 10. The highest BCUT2D eigenvalue weighted by Gasteiger charge is 2.50. The monoisotopic (exact) mass is 853 g/mol. The van der Waals surface area contributed by atoms with Crippen LogP contribution in [0.3, 0.4) is 0 Å². The molecule has 5 nitrogen and oxygen atoms in total. The standard InChI is InChI=1S/C62H39N5/c1-5-20-40(21-6-1)59-63-60(41-22-7-2-8-23-41)65-61(64-59)48-37-36-47-44-28-13-15-31-50(44)62(52-33-19-30-46(48)58(47)52)51-32-16-18-35-55(51)67(43-26-11-4-12-27-43)57-39-56-49(38-53(57)62)45-29-14-17-34-54(45)66(56)42-24-9-3-10-25-42/h1-39H. The van der Waals surface area contributed by atoms with Crippen LogP contribution in [0.4, 0.5) is 17.1 Å². The van der Waals surface area contributed by atoms with Crippen molar-refractivity contribution in [2.45, 2.75) is 5.41 Å². The maximum absolute atomic E-state index is 5.28. The Balaban J connectivity index is 1.12. The zero-order valence-corrected chi connectivity index (χ0v) is 36.3. The van der Waals surface area contributed by atoms with Crippen LogP contribution in [0.25, 0.3) is 83.6 Å². The SMILES string of the molecule is c1ccc(-c2nc(-c3ccccc3)nc(-c3ccc4c5c(cccc35)C3(c5ccccc5-4)c4ccccc4N(c4ccccc4)c4cc5c(cc43)c3ccccc3n5-c3ccccc3)n2)cc1. The van der Waals surface area contributed by atoms with Gasteiger partial charge in [0.15, 0.2) is 17.5 Å². The summed E-state index contributed by atoms with van der Waals surface area (Å²) in [6.45, 7) is 0. The van der Waals surface area contributed by atoms with Gasteiger partial charge in [-0.25, -0.2) is 15.0 Å². The Morgan fingerprint density at radius 2 is 0.866 bits per heavy atom. The van der Waals surface area contributed by atoms with Crippen LogP contribution in [0.1, 0.15) is 22.3 Å². The number of para-hydroxylation sites is 4. The van der Waals surface area contributed by atoms with E-state index in [1.54, 1.807) is 0 Å². The molecule has 10 aromatic carbocycles. The van der Waals surface area contributed by atoms with Crippen LogP contribution < -0.4 is 4.90 Å². The molecule has 1 atom stereocenters. The fourth-order valence-corrected chi connectivity index (χ4v) is 11.3. The first-order valence-corrected chi connectivity index (χ1v) is 22.9. The van der Waals surface area contributed by atoms with Crippen molar-refractivity contribution in [1.82, 2.24) is 19.5 Å². The maximum atomic E-state index is 5.28. The van der Waals surface area contributed by atoms with E-state index in [-0.39, 0.29) is 0 Å². The lowest BCUT2D eigenvalue weighted by atomic mass is 9.57. The van der Waals surface area contributed by atoms with Gasteiger partial charge in [0.2, 0.25) is 0 Å². The molecule has 14 rings (SSSR count). The first kappa shape index (κ1) is 37.4. The largest absolute Gasteiger partial charge is 0.310 e. The number of hydrogen-bond donors (Lipinski definition) is 0. The normalized spacial score (nSPS) is 14.6. The van der Waals surface area contributed by atoms with E-state index < -0.39 is 5.41 Å². The highest BCUT2D eigenvalue weighted by molar-refractivity contribution is 6.14. The van der Waals surface area contributed by atoms with Crippen molar-refractivity contribution in [3.05, 3.63) is 259 Å². The number of hydrogen-bond acceptors (Lipinski definition) is 4. The van der Waals surface area contributed by atoms with E-state index in [1.165, 1.54) is 55.1 Å². The second-order valence-electron chi connectivity index (χ2n) is 17.5. The molecule has 1 unspecified atom stereocenters. The molecule has 1 aliphatic heterocycles. The molecule has 5 heteroatoms. The zero-order valence-electron chi connectivity index (χ0n) is 36.3.